The fourth-order valence-electron chi connectivity index (χ4n) is 3.24. The molecule has 1 amide bonds. The molecular formula is C23H17F2N3O3S. The number of Topliss-reactive ketones (excluding diaryl/α,β-unsaturated/α-hetero) is 1. The first-order valence-electron chi connectivity index (χ1n) is 9.53. The molecule has 1 aliphatic rings. The van der Waals surface area contributed by atoms with Gasteiger partial charge in [-0.3, -0.25) is 18.9 Å². The number of nitrogens with one attached hydrogen (secondary N) is 1. The van der Waals surface area contributed by atoms with Crippen molar-refractivity contribution in [3.05, 3.63) is 99.7 Å². The number of benzene rings is 2. The van der Waals surface area contributed by atoms with Gasteiger partial charge in [0.15, 0.2) is 22.6 Å². The van der Waals surface area contributed by atoms with Crippen molar-refractivity contribution in [3.8, 4) is 0 Å². The Morgan fingerprint density at radius 1 is 1.09 bits per heavy atom. The fourth-order valence-corrected chi connectivity index (χ4v) is 4.38. The van der Waals surface area contributed by atoms with E-state index in [0.717, 1.165) is 17.7 Å². The summed E-state index contributed by atoms with van der Waals surface area (Å²) in [4.78, 5) is 29.5. The molecule has 2 aromatic carbocycles. The monoisotopic (exact) mass is 453 g/mol. The molecule has 4 rings (SSSR count). The summed E-state index contributed by atoms with van der Waals surface area (Å²) in [6.45, 7) is 0.289. The minimum Gasteiger partial charge on any atom is -0.348 e. The first kappa shape index (κ1) is 21.5. The number of halogens is 2. The van der Waals surface area contributed by atoms with Crippen molar-refractivity contribution in [1.29, 1.82) is 0 Å². The number of nitrogens with zero attached hydrogens (tertiary/aromatic N) is 2. The summed E-state index contributed by atoms with van der Waals surface area (Å²) in [5.41, 5.74) is 1.93. The summed E-state index contributed by atoms with van der Waals surface area (Å²) in [5.74, 6) is -3.02. The lowest BCUT2D eigenvalue weighted by Crippen LogP contribution is -2.32. The van der Waals surface area contributed by atoms with Gasteiger partial charge in [-0.25, -0.2) is 13.0 Å². The summed E-state index contributed by atoms with van der Waals surface area (Å²) in [6, 6.07) is 11.2. The molecule has 1 aliphatic heterocycles. The van der Waals surface area contributed by atoms with Crippen LogP contribution in [0.15, 0.2) is 65.8 Å². The second-order valence-corrected chi connectivity index (χ2v) is 8.51. The van der Waals surface area contributed by atoms with Crippen molar-refractivity contribution in [3.63, 3.8) is 0 Å². The van der Waals surface area contributed by atoms with Gasteiger partial charge in [0.2, 0.25) is 5.78 Å². The zero-order chi connectivity index (χ0) is 22.8. The zero-order valence-corrected chi connectivity index (χ0v) is 17.7. The van der Waals surface area contributed by atoms with Gasteiger partial charge in [0.05, 0.1) is 5.69 Å². The van der Waals surface area contributed by atoms with Gasteiger partial charge in [0.1, 0.15) is 4.91 Å². The van der Waals surface area contributed by atoms with Crippen molar-refractivity contribution in [1.82, 2.24) is 10.3 Å². The van der Waals surface area contributed by atoms with E-state index in [-0.39, 0.29) is 34.0 Å². The number of pyridine rings is 1. The van der Waals surface area contributed by atoms with Crippen LogP contribution in [0.5, 0.6) is 0 Å². The molecule has 3 aromatic rings. The lowest BCUT2D eigenvalue weighted by molar-refractivity contribution is 0.0951. The molecule has 0 saturated carbocycles. The van der Waals surface area contributed by atoms with Gasteiger partial charge in [0.25, 0.3) is 5.91 Å². The number of allylic oxidation sites excluding steroid dienone is 1. The minimum atomic E-state index is -1.85. The molecule has 9 heteroatoms. The predicted octanol–water partition coefficient (Wildman–Crippen LogP) is 3.63. The third-order valence-corrected chi connectivity index (χ3v) is 6.32. The summed E-state index contributed by atoms with van der Waals surface area (Å²) < 4.78 is 41.0. The molecule has 0 aliphatic carbocycles. The van der Waals surface area contributed by atoms with Crippen LogP contribution in [0, 0.1) is 11.6 Å². The maximum atomic E-state index is 13.6. The normalized spacial score (nSPS) is 16.7. The van der Waals surface area contributed by atoms with Crippen molar-refractivity contribution in [2.75, 3.05) is 11.4 Å². The number of carbonyl (C=O) groups excluding carboxylic acids is 2. The fraction of sp³-hybridized carbons (Fsp3) is 0.0870. The predicted molar refractivity (Wildman–Crippen MR) is 117 cm³/mol. The van der Waals surface area contributed by atoms with Crippen molar-refractivity contribution >= 4 is 34.4 Å². The first-order chi connectivity index (χ1) is 15.3. The Morgan fingerprint density at radius 2 is 1.84 bits per heavy atom. The maximum absolute atomic E-state index is 13.6. The molecule has 0 spiro atoms. The average Bonchev–Trinajstić information content (AvgIpc) is 2.81. The second kappa shape index (κ2) is 8.80. The topological polar surface area (TPSA) is 79.4 Å². The number of hydrogen-bond acceptors (Lipinski definition) is 4. The Morgan fingerprint density at radius 3 is 2.56 bits per heavy atom. The van der Waals surface area contributed by atoms with E-state index in [1.54, 1.807) is 43.7 Å². The van der Waals surface area contributed by atoms with Crippen LogP contribution in [0.25, 0.3) is 6.08 Å². The summed E-state index contributed by atoms with van der Waals surface area (Å²) in [7, 11) is -0.305. The van der Waals surface area contributed by atoms with Crippen LogP contribution < -0.4 is 9.62 Å². The standard InChI is InChI=1S/C23H17F2N3O3S/c1-28-20-5-3-16(23(30)27-13-14-6-8-26-9-7-14)12-17(20)22(29)21(32(28)31)11-15-2-4-18(24)19(25)10-15/h2-12H,13H2,1H3,(H,27,30)/b21-11+. The summed E-state index contributed by atoms with van der Waals surface area (Å²) in [5, 5.41) is 2.78. The molecule has 0 fully saturated rings. The third kappa shape index (κ3) is 4.19. The van der Waals surface area contributed by atoms with Gasteiger partial charge in [-0.15, -0.1) is 0 Å². The number of hydrogen-bond donors (Lipinski definition) is 1. The molecule has 32 heavy (non-hydrogen) atoms. The highest BCUT2D eigenvalue weighted by Gasteiger charge is 2.32. The number of fused-ring (bicyclic) bond motifs is 1. The lowest BCUT2D eigenvalue weighted by atomic mass is 10.0. The van der Waals surface area contributed by atoms with Gasteiger partial charge in [-0.2, -0.15) is 0 Å². The molecule has 0 radical (unpaired) electrons. The molecule has 1 N–H and O–H groups in total. The van der Waals surface area contributed by atoms with E-state index in [1.165, 1.54) is 22.5 Å². The Hall–Kier alpha value is -3.72. The maximum Gasteiger partial charge on any atom is 0.251 e. The minimum absolute atomic E-state index is 0.0969. The van der Waals surface area contributed by atoms with E-state index >= 15 is 0 Å². The van der Waals surface area contributed by atoms with Gasteiger partial charge in [0, 0.05) is 37.1 Å². The average molecular weight is 453 g/mol. The number of ketones is 1. The Balaban J connectivity index is 1.64. The van der Waals surface area contributed by atoms with E-state index in [1.807, 2.05) is 0 Å². The number of aromatic nitrogens is 1. The van der Waals surface area contributed by atoms with Gasteiger partial charge in [-0.05, 0) is 59.7 Å². The Kier molecular flexibility index (Phi) is 5.91. The smallest absolute Gasteiger partial charge is 0.251 e. The molecule has 0 saturated heterocycles. The highest BCUT2D eigenvalue weighted by Crippen LogP contribution is 2.33. The molecule has 6 nitrogen and oxygen atoms in total. The highest BCUT2D eigenvalue weighted by molar-refractivity contribution is 7.91. The SMILES string of the molecule is CN1c2ccc(C(=O)NCc3ccncc3)cc2C(=O)/C(=C\c2ccc(F)c(F)c2)S1=O. The molecule has 1 atom stereocenters. The van der Waals surface area contributed by atoms with Gasteiger partial charge >= 0.3 is 0 Å². The Bertz CT molecular complexity index is 1280. The van der Waals surface area contributed by atoms with E-state index in [0.29, 0.717) is 5.69 Å². The molecule has 0 bridgehead atoms. The third-order valence-electron chi connectivity index (χ3n) is 4.95. The Labute approximate surface area is 185 Å². The van der Waals surface area contributed by atoms with Crippen LogP contribution >= 0.6 is 0 Å². The first-order valence-corrected chi connectivity index (χ1v) is 10.6. The quantitative estimate of drug-likeness (QED) is 0.612. The van der Waals surface area contributed by atoms with Crippen LogP contribution in [0.4, 0.5) is 14.5 Å². The number of anilines is 1. The van der Waals surface area contributed by atoms with E-state index in [4.69, 9.17) is 0 Å². The highest BCUT2D eigenvalue weighted by atomic mass is 32.2. The summed E-state index contributed by atoms with van der Waals surface area (Å²) >= 11 is 0. The van der Waals surface area contributed by atoms with Crippen LogP contribution in [-0.4, -0.2) is 27.9 Å². The number of amides is 1. The molecule has 162 valence electrons. The van der Waals surface area contributed by atoms with Crippen LogP contribution in [0.3, 0.4) is 0 Å². The zero-order valence-electron chi connectivity index (χ0n) is 16.8. The van der Waals surface area contributed by atoms with E-state index in [9.17, 15) is 22.6 Å². The largest absolute Gasteiger partial charge is 0.348 e. The molecule has 1 unspecified atom stereocenters. The molecule has 1 aromatic heterocycles. The van der Waals surface area contributed by atoms with E-state index < -0.39 is 28.4 Å². The molecule has 2 heterocycles. The van der Waals surface area contributed by atoms with Crippen molar-refractivity contribution in [2.24, 2.45) is 0 Å². The summed E-state index contributed by atoms with van der Waals surface area (Å²) in [6.07, 6.45) is 4.50. The number of rotatable bonds is 4. The van der Waals surface area contributed by atoms with Crippen LogP contribution in [0.1, 0.15) is 31.8 Å². The van der Waals surface area contributed by atoms with Crippen molar-refractivity contribution < 1.29 is 22.6 Å². The van der Waals surface area contributed by atoms with Crippen LogP contribution in [-0.2, 0) is 17.5 Å². The number of carbonyl (C=O) groups is 2. The molecular weight excluding hydrogens is 436 g/mol. The van der Waals surface area contributed by atoms with Gasteiger partial charge in [-0.1, -0.05) is 6.07 Å². The lowest BCUT2D eigenvalue weighted by Gasteiger charge is -2.27. The van der Waals surface area contributed by atoms with Crippen LogP contribution in [0.2, 0.25) is 0 Å². The van der Waals surface area contributed by atoms with Gasteiger partial charge < -0.3 is 5.32 Å². The van der Waals surface area contributed by atoms with Crippen molar-refractivity contribution in [2.45, 2.75) is 6.54 Å². The second-order valence-electron chi connectivity index (χ2n) is 7.03. The van der Waals surface area contributed by atoms with E-state index in [2.05, 4.69) is 10.3 Å².